The second-order valence-electron chi connectivity index (χ2n) is 5.43. The van der Waals surface area contributed by atoms with Crippen LogP contribution in [0.4, 0.5) is 4.79 Å². The van der Waals surface area contributed by atoms with E-state index in [2.05, 4.69) is 10.6 Å². The molecule has 0 fully saturated rings. The van der Waals surface area contributed by atoms with E-state index in [9.17, 15) is 9.59 Å². The molecule has 0 aliphatic heterocycles. The van der Waals surface area contributed by atoms with Crippen LogP contribution in [-0.4, -0.2) is 30.9 Å². The topological polar surface area (TPSA) is 61.4 Å². The predicted molar refractivity (Wildman–Crippen MR) is 94.7 cm³/mol. The van der Waals surface area contributed by atoms with E-state index in [1.54, 1.807) is 6.07 Å². The minimum Gasteiger partial charge on any atom is -0.341 e. The SMILES string of the molecule is CNC(=O)NC(=O)C(c1ccccc1)N(C)Cc1cccc(Cl)c1. The molecular formula is C18H20ClN3O2. The predicted octanol–water partition coefficient (Wildman–Crippen LogP) is 2.97. The molecule has 0 aliphatic carbocycles. The van der Waals surface area contributed by atoms with E-state index in [-0.39, 0.29) is 5.91 Å². The minimum absolute atomic E-state index is 0.384. The molecule has 0 saturated carbocycles. The van der Waals surface area contributed by atoms with Gasteiger partial charge < -0.3 is 5.32 Å². The van der Waals surface area contributed by atoms with E-state index >= 15 is 0 Å². The van der Waals surface area contributed by atoms with Crippen LogP contribution in [0.2, 0.25) is 5.02 Å². The number of likely N-dealkylation sites (N-methyl/N-ethyl adjacent to an activating group) is 1. The van der Waals surface area contributed by atoms with Crippen molar-refractivity contribution >= 4 is 23.5 Å². The Bertz CT molecular complexity index is 706. The molecule has 0 heterocycles. The van der Waals surface area contributed by atoms with Gasteiger partial charge in [-0.15, -0.1) is 0 Å². The molecular weight excluding hydrogens is 326 g/mol. The first-order valence-electron chi connectivity index (χ1n) is 7.53. The van der Waals surface area contributed by atoms with Gasteiger partial charge in [-0.25, -0.2) is 4.79 Å². The molecule has 2 aromatic carbocycles. The number of rotatable bonds is 5. The van der Waals surface area contributed by atoms with Crippen LogP contribution in [0, 0.1) is 0 Å². The van der Waals surface area contributed by atoms with Gasteiger partial charge in [-0.05, 0) is 30.3 Å². The summed E-state index contributed by atoms with van der Waals surface area (Å²) in [6.07, 6.45) is 0. The molecule has 126 valence electrons. The van der Waals surface area contributed by atoms with Gasteiger partial charge in [0.1, 0.15) is 6.04 Å². The fraction of sp³-hybridized carbons (Fsp3) is 0.222. The lowest BCUT2D eigenvalue weighted by Crippen LogP contribution is -2.44. The number of nitrogens with one attached hydrogen (secondary N) is 2. The molecule has 0 saturated heterocycles. The van der Waals surface area contributed by atoms with Crippen molar-refractivity contribution in [2.75, 3.05) is 14.1 Å². The average molecular weight is 346 g/mol. The summed E-state index contributed by atoms with van der Waals surface area (Å²) < 4.78 is 0. The minimum atomic E-state index is -0.595. The summed E-state index contributed by atoms with van der Waals surface area (Å²) in [5.41, 5.74) is 1.79. The molecule has 2 rings (SSSR count). The molecule has 5 nitrogen and oxygen atoms in total. The Labute approximate surface area is 146 Å². The van der Waals surface area contributed by atoms with Crippen LogP contribution in [0.1, 0.15) is 17.2 Å². The Hall–Kier alpha value is -2.37. The fourth-order valence-corrected chi connectivity index (χ4v) is 2.71. The Morgan fingerprint density at radius 1 is 1.12 bits per heavy atom. The maximum absolute atomic E-state index is 12.6. The van der Waals surface area contributed by atoms with Crippen LogP contribution >= 0.6 is 11.6 Å². The average Bonchev–Trinajstić information content (AvgIpc) is 2.55. The van der Waals surface area contributed by atoms with Gasteiger partial charge in [-0.3, -0.25) is 15.0 Å². The first kappa shape index (κ1) is 18.0. The number of benzene rings is 2. The molecule has 24 heavy (non-hydrogen) atoms. The lowest BCUT2D eigenvalue weighted by molar-refractivity contribution is -0.125. The molecule has 0 aliphatic rings. The second-order valence-corrected chi connectivity index (χ2v) is 5.86. The number of halogens is 1. The van der Waals surface area contributed by atoms with Crippen molar-refractivity contribution in [1.82, 2.24) is 15.5 Å². The van der Waals surface area contributed by atoms with Gasteiger partial charge in [0.25, 0.3) is 0 Å². The van der Waals surface area contributed by atoms with Crippen molar-refractivity contribution in [1.29, 1.82) is 0 Å². The lowest BCUT2D eigenvalue weighted by atomic mass is 10.0. The molecule has 2 aromatic rings. The number of urea groups is 1. The van der Waals surface area contributed by atoms with Crippen molar-refractivity contribution in [3.63, 3.8) is 0 Å². The summed E-state index contributed by atoms with van der Waals surface area (Å²) in [7, 11) is 3.30. The highest BCUT2D eigenvalue weighted by atomic mass is 35.5. The highest BCUT2D eigenvalue weighted by Gasteiger charge is 2.26. The highest BCUT2D eigenvalue weighted by molar-refractivity contribution is 6.30. The second kappa shape index (κ2) is 8.47. The van der Waals surface area contributed by atoms with Gasteiger partial charge in [0, 0.05) is 18.6 Å². The molecule has 1 atom stereocenters. The van der Waals surface area contributed by atoms with Crippen molar-refractivity contribution in [3.8, 4) is 0 Å². The molecule has 0 aromatic heterocycles. The number of carbonyl (C=O) groups is 2. The largest absolute Gasteiger partial charge is 0.341 e. The van der Waals surface area contributed by atoms with Crippen LogP contribution in [-0.2, 0) is 11.3 Å². The van der Waals surface area contributed by atoms with Gasteiger partial charge in [0.15, 0.2) is 0 Å². The molecule has 2 N–H and O–H groups in total. The van der Waals surface area contributed by atoms with Crippen molar-refractivity contribution < 1.29 is 9.59 Å². The Balaban J connectivity index is 2.24. The monoisotopic (exact) mass is 345 g/mol. The first-order chi connectivity index (χ1) is 11.5. The number of amides is 3. The number of hydrogen-bond acceptors (Lipinski definition) is 3. The zero-order valence-electron chi connectivity index (χ0n) is 13.6. The standard InChI is InChI=1S/C18H20ClN3O2/c1-20-18(24)21-17(23)16(14-8-4-3-5-9-14)22(2)12-13-7-6-10-15(19)11-13/h3-11,16H,12H2,1-2H3,(H2,20,21,23,24). The van der Waals surface area contributed by atoms with Gasteiger partial charge >= 0.3 is 6.03 Å². The van der Waals surface area contributed by atoms with Crippen LogP contribution in [0.25, 0.3) is 0 Å². The van der Waals surface area contributed by atoms with Gasteiger partial charge in [0.2, 0.25) is 5.91 Å². The lowest BCUT2D eigenvalue weighted by Gasteiger charge is -2.27. The summed E-state index contributed by atoms with van der Waals surface area (Å²) in [6, 6.07) is 15.7. The molecule has 0 radical (unpaired) electrons. The third kappa shape index (κ3) is 4.81. The van der Waals surface area contributed by atoms with E-state index in [4.69, 9.17) is 11.6 Å². The molecule has 0 bridgehead atoms. The number of nitrogens with zero attached hydrogens (tertiary/aromatic N) is 1. The van der Waals surface area contributed by atoms with Crippen molar-refractivity contribution in [2.24, 2.45) is 0 Å². The third-order valence-corrected chi connectivity index (χ3v) is 3.82. The molecule has 6 heteroatoms. The third-order valence-electron chi connectivity index (χ3n) is 3.59. The van der Waals surface area contributed by atoms with E-state index in [0.29, 0.717) is 11.6 Å². The van der Waals surface area contributed by atoms with E-state index < -0.39 is 12.1 Å². The maximum Gasteiger partial charge on any atom is 0.321 e. The zero-order chi connectivity index (χ0) is 17.5. The maximum atomic E-state index is 12.6. The quantitative estimate of drug-likeness (QED) is 0.875. The van der Waals surface area contributed by atoms with Crippen LogP contribution in [0.5, 0.6) is 0 Å². The van der Waals surface area contributed by atoms with Crippen LogP contribution in [0.15, 0.2) is 54.6 Å². The fourth-order valence-electron chi connectivity index (χ4n) is 2.50. The summed E-state index contributed by atoms with van der Waals surface area (Å²) in [4.78, 5) is 26.0. The van der Waals surface area contributed by atoms with E-state index in [1.165, 1.54) is 7.05 Å². The molecule has 0 spiro atoms. The number of hydrogen-bond donors (Lipinski definition) is 2. The van der Waals surface area contributed by atoms with Gasteiger partial charge in [-0.1, -0.05) is 54.1 Å². The number of imide groups is 1. The van der Waals surface area contributed by atoms with Gasteiger partial charge in [0.05, 0.1) is 0 Å². The smallest absolute Gasteiger partial charge is 0.321 e. The number of carbonyl (C=O) groups excluding carboxylic acids is 2. The van der Waals surface area contributed by atoms with Crippen LogP contribution < -0.4 is 10.6 Å². The normalized spacial score (nSPS) is 11.8. The molecule has 3 amide bonds. The first-order valence-corrected chi connectivity index (χ1v) is 7.91. The summed E-state index contributed by atoms with van der Waals surface area (Å²) in [5.74, 6) is -0.384. The highest BCUT2D eigenvalue weighted by Crippen LogP contribution is 2.22. The van der Waals surface area contributed by atoms with Crippen molar-refractivity contribution in [3.05, 3.63) is 70.7 Å². The van der Waals surface area contributed by atoms with Crippen LogP contribution in [0.3, 0.4) is 0 Å². The Kier molecular flexibility index (Phi) is 6.35. The van der Waals surface area contributed by atoms with Crippen molar-refractivity contribution in [2.45, 2.75) is 12.6 Å². The summed E-state index contributed by atoms with van der Waals surface area (Å²) in [5, 5.41) is 5.39. The zero-order valence-corrected chi connectivity index (χ0v) is 14.4. The Morgan fingerprint density at radius 2 is 1.83 bits per heavy atom. The summed E-state index contributed by atoms with van der Waals surface area (Å²) >= 11 is 6.02. The summed E-state index contributed by atoms with van der Waals surface area (Å²) in [6.45, 7) is 0.515. The Morgan fingerprint density at radius 3 is 2.46 bits per heavy atom. The van der Waals surface area contributed by atoms with E-state index in [0.717, 1.165) is 11.1 Å². The molecule has 1 unspecified atom stereocenters. The van der Waals surface area contributed by atoms with E-state index in [1.807, 2.05) is 60.5 Å². The van der Waals surface area contributed by atoms with Gasteiger partial charge in [-0.2, -0.15) is 0 Å².